The molecule has 18 heavy (non-hydrogen) atoms. The summed E-state index contributed by atoms with van der Waals surface area (Å²) in [7, 11) is -2.11. The van der Waals surface area contributed by atoms with Crippen LogP contribution in [0.1, 0.15) is 20.3 Å². The zero-order chi connectivity index (χ0) is 13.8. The van der Waals surface area contributed by atoms with Crippen LogP contribution in [0.15, 0.2) is 4.34 Å². The van der Waals surface area contributed by atoms with Gasteiger partial charge in [0.1, 0.15) is 0 Å². The van der Waals surface area contributed by atoms with Crippen molar-refractivity contribution in [1.82, 2.24) is 14.5 Å². The smallest absolute Gasteiger partial charge is 0.272 e. The van der Waals surface area contributed by atoms with Crippen molar-refractivity contribution in [2.24, 2.45) is 0 Å². The van der Waals surface area contributed by atoms with Crippen molar-refractivity contribution < 1.29 is 13.2 Å². The zero-order valence-electron chi connectivity index (χ0n) is 10.7. The minimum Gasteiger partial charge on any atom is -0.383 e. The van der Waals surface area contributed by atoms with Crippen molar-refractivity contribution in [3.63, 3.8) is 0 Å². The predicted octanol–water partition coefficient (Wildman–Crippen LogP) is 0.556. The van der Waals surface area contributed by atoms with Gasteiger partial charge in [0.2, 0.25) is 9.47 Å². The molecule has 0 saturated heterocycles. The van der Waals surface area contributed by atoms with E-state index in [1.165, 1.54) is 11.4 Å². The molecule has 7 nitrogen and oxygen atoms in total. The van der Waals surface area contributed by atoms with Crippen LogP contribution in [0.4, 0.5) is 5.13 Å². The second-order valence-corrected chi connectivity index (χ2v) is 6.85. The average molecular weight is 294 g/mol. The third-order valence-electron chi connectivity index (χ3n) is 2.55. The lowest BCUT2D eigenvalue weighted by Crippen LogP contribution is -2.40. The van der Waals surface area contributed by atoms with Crippen molar-refractivity contribution in [1.29, 1.82) is 0 Å². The summed E-state index contributed by atoms with van der Waals surface area (Å²) < 4.78 is 31.0. The monoisotopic (exact) mass is 294 g/mol. The summed E-state index contributed by atoms with van der Waals surface area (Å²) in [6.45, 7) is 4.39. The van der Waals surface area contributed by atoms with Crippen LogP contribution < -0.4 is 5.73 Å². The van der Waals surface area contributed by atoms with Crippen LogP contribution >= 0.6 is 11.3 Å². The highest BCUT2D eigenvalue weighted by atomic mass is 32.2. The molecule has 0 bridgehead atoms. The number of nitrogens with two attached hydrogens (primary N) is 1. The van der Waals surface area contributed by atoms with E-state index in [1.807, 2.05) is 13.8 Å². The molecule has 0 aliphatic carbocycles. The fourth-order valence-corrected chi connectivity index (χ4v) is 3.98. The van der Waals surface area contributed by atoms with Crippen molar-refractivity contribution >= 4 is 26.5 Å². The number of rotatable bonds is 7. The molecule has 0 amide bonds. The molecule has 0 aliphatic rings. The van der Waals surface area contributed by atoms with E-state index in [9.17, 15) is 8.42 Å². The first-order valence-electron chi connectivity index (χ1n) is 5.53. The molecule has 2 N–H and O–H groups in total. The lowest BCUT2D eigenvalue weighted by Gasteiger charge is -2.25. The summed E-state index contributed by atoms with van der Waals surface area (Å²) in [5.41, 5.74) is 5.42. The first-order valence-corrected chi connectivity index (χ1v) is 7.78. The molecule has 1 unspecified atom stereocenters. The van der Waals surface area contributed by atoms with Gasteiger partial charge in [-0.25, -0.2) is 8.42 Å². The van der Waals surface area contributed by atoms with E-state index in [0.717, 1.165) is 11.3 Å². The van der Waals surface area contributed by atoms with Crippen LogP contribution in [0.3, 0.4) is 0 Å². The Bertz CT molecular complexity index is 474. The third kappa shape index (κ3) is 3.37. The zero-order valence-corrected chi connectivity index (χ0v) is 12.3. The standard InChI is InChI=1S/C9H18N4O3S2/c1-4-7(2)13(5-6-16-3)18(14,15)9-12-11-8(10)17-9/h7H,4-6H2,1-3H3,(H2,10,11). The molecular formula is C9H18N4O3S2. The van der Waals surface area contributed by atoms with Crippen molar-refractivity contribution in [2.75, 3.05) is 26.0 Å². The second-order valence-electron chi connectivity index (χ2n) is 3.77. The van der Waals surface area contributed by atoms with Gasteiger partial charge < -0.3 is 10.5 Å². The Morgan fingerprint density at radius 1 is 1.50 bits per heavy atom. The molecule has 1 aromatic heterocycles. The Morgan fingerprint density at radius 2 is 2.17 bits per heavy atom. The van der Waals surface area contributed by atoms with E-state index in [1.54, 1.807) is 0 Å². The molecule has 1 rings (SSSR count). The molecule has 0 aromatic carbocycles. The Balaban J connectivity index is 3.03. The number of aromatic nitrogens is 2. The fourth-order valence-electron chi connectivity index (χ4n) is 1.39. The number of anilines is 1. The second kappa shape index (κ2) is 6.41. The van der Waals surface area contributed by atoms with Gasteiger partial charge in [0.15, 0.2) is 0 Å². The summed E-state index contributed by atoms with van der Waals surface area (Å²) in [6.07, 6.45) is 0.706. The van der Waals surface area contributed by atoms with Gasteiger partial charge in [0.05, 0.1) is 6.61 Å². The van der Waals surface area contributed by atoms with Gasteiger partial charge in [-0.1, -0.05) is 18.3 Å². The van der Waals surface area contributed by atoms with Crippen molar-refractivity contribution in [2.45, 2.75) is 30.6 Å². The highest BCUT2D eigenvalue weighted by Crippen LogP contribution is 2.23. The van der Waals surface area contributed by atoms with E-state index >= 15 is 0 Å². The van der Waals surface area contributed by atoms with Gasteiger partial charge in [-0.2, -0.15) is 4.31 Å². The Kier molecular flexibility index (Phi) is 5.45. The SMILES string of the molecule is CCC(C)N(CCOC)S(=O)(=O)c1nnc(N)s1. The van der Waals surface area contributed by atoms with Crippen LogP contribution in [0.5, 0.6) is 0 Å². The quantitative estimate of drug-likeness (QED) is 0.788. The van der Waals surface area contributed by atoms with Gasteiger partial charge in [-0.3, -0.25) is 0 Å². The van der Waals surface area contributed by atoms with Gasteiger partial charge in [-0.15, -0.1) is 10.2 Å². The molecule has 0 aliphatic heterocycles. The molecular weight excluding hydrogens is 276 g/mol. The molecule has 0 radical (unpaired) electrons. The van der Waals surface area contributed by atoms with Gasteiger partial charge in [0, 0.05) is 19.7 Å². The average Bonchev–Trinajstić information content (AvgIpc) is 2.76. The maximum absolute atomic E-state index is 12.4. The van der Waals surface area contributed by atoms with E-state index < -0.39 is 10.0 Å². The Hall–Kier alpha value is -0.770. The molecule has 1 aromatic rings. The summed E-state index contributed by atoms with van der Waals surface area (Å²) in [4.78, 5) is 0. The summed E-state index contributed by atoms with van der Waals surface area (Å²) in [5.74, 6) is 0. The Morgan fingerprint density at radius 3 is 2.61 bits per heavy atom. The summed E-state index contributed by atoms with van der Waals surface area (Å²) >= 11 is 0.869. The third-order valence-corrected chi connectivity index (χ3v) is 5.66. The van der Waals surface area contributed by atoms with Gasteiger partial charge in [-0.05, 0) is 13.3 Å². The van der Waals surface area contributed by atoms with Gasteiger partial charge >= 0.3 is 0 Å². The number of sulfonamides is 1. The number of ether oxygens (including phenoxy) is 1. The highest BCUT2D eigenvalue weighted by Gasteiger charge is 2.31. The van der Waals surface area contributed by atoms with Crippen LogP contribution in [0.2, 0.25) is 0 Å². The van der Waals surface area contributed by atoms with Crippen LogP contribution in [-0.2, 0) is 14.8 Å². The topological polar surface area (TPSA) is 98.4 Å². The highest BCUT2D eigenvalue weighted by molar-refractivity contribution is 7.91. The predicted molar refractivity (Wildman–Crippen MR) is 69.8 cm³/mol. The van der Waals surface area contributed by atoms with E-state index in [2.05, 4.69) is 10.2 Å². The van der Waals surface area contributed by atoms with Crippen LogP contribution in [-0.4, -0.2) is 49.2 Å². The van der Waals surface area contributed by atoms with Crippen LogP contribution in [0, 0.1) is 0 Å². The number of nitrogen functional groups attached to an aromatic ring is 1. The first-order chi connectivity index (χ1) is 8.43. The first kappa shape index (κ1) is 15.3. The van der Waals surface area contributed by atoms with E-state index in [0.29, 0.717) is 13.0 Å². The Labute approximate surface area is 111 Å². The van der Waals surface area contributed by atoms with Crippen LogP contribution in [0.25, 0.3) is 0 Å². The van der Waals surface area contributed by atoms with Gasteiger partial charge in [0.25, 0.3) is 10.0 Å². The number of hydrogen-bond donors (Lipinski definition) is 1. The lowest BCUT2D eigenvalue weighted by molar-refractivity contribution is 0.167. The minimum absolute atomic E-state index is 0.0728. The number of hydrogen-bond acceptors (Lipinski definition) is 7. The van der Waals surface area contributed by atoms with Crippen molar-refractivity contribution in [3.05, 3.63) is 0 Å². The minimum atomic E-state index is -3.65. The lowest BCUT2D eigenvalue weighted by atomic mass is 10.3. The molecule has 9 heteroatoms. The molecule has 0 spiro atoms. The van der Waals surface area contributed by atoms with E-state index in [-0.39, 0.29) is 22.1 Å². The molecule has 104 valence electrons. The molecule has 0 fully saturated rings. The number of nitrogens with zero attached hydrogens (tertiary/aromatic N) is 3. The maximum atomic E-state index is 12.4. The normalized spacial score (nSPS) is 14.0. The number of methoxy groups -OCH3 is 1. The molecule has 1 atom stereocenters. The molecule has 0 saturated carbocycles. The van der Waals surface area contributed by atoms with E-state index in [4.69, 9.17) is 10.5 Å². The summed E-state index contributed by atoms with van der Waals surface area (Å²) in [5, 5.41) is 7.29. The maximum Gasteiger partial charge on any atom is 0.272 e. The largest absolute Gasteiger partial charge is 0.383 e. The fraction of sp³-hybridized carbons (Fsp3) is 0.778. The van der Waals surface area contributed by atoms with Crippen molar-refractivity contribution in [3.8, 4) is 0 Å². The molecule has 1 heterocycles. The summed E-state index contributed by atoms with van der Waals surface area (Å²) in [6, 6.07) is -0.129.